The van der Waals surface area contributed by atoms with Gasteiger partial charge in [-0.25, -0.2) is 0 Å². The molecule has 0 saturated carbocycles. The Bertz CT molecular complexity index is 375. The molecule has 0 amide bonds. The summed E-state index contributed by atoms with van der Waals surface area (Å²) in [6, 6.07) is 5.52. The minimum Gasteiger partial charge on any atom is -0.397 e. The number of nitrogens with two attached hydrogens (primary N) is 1. The van der Waals surface area contributed by atoms with Gasteiger partial charge < -0.3 is 15.8 Å². The molecule has 1 fully saturated rings. The minimum atomic E-state index is -0.0276. The van der Waals surface area contributed by atoms with E-state index in [9.17, 15) is 0 Å². The Morgan fingerprint density at radius 1 is 1.50 bits per heavy atom. The summed E-state index contributed by atoms with van der Waals surface area (Å²) in [7, 11) is 0. The summed E-state index contributed by atoms with van der Waals surface area (Å²) >= 11 is 5.86. The zero-order chi connectivity index (χ0) is 11.6. The van der Waals surface area contributed by atoms with Crippen LogP contribution in [-0.4, -0.2) is 18.8 Å². The van der Waals surface area contributed by atoms with Crippen molar-refractivity contribution in [1.82, 2.24) is 0 Å². The molecule has 2 rings (SSSR count). The zero-order valence-corrected chi connectivity index (χ0v) is 10.2. The maximum atomic E-state index is 5.91. The highest BCUT2D eigenvalue weighted by Crippen LogP contribution is 2.29. The topological polar surface area (TPSA) is 47.3 Å². The summed E-state index contributed by atoms with van der Waals surface area (Å²) in [5.74, 6) is 0. The average molecular weight is 241 g/mol. The van der Waals surface area contributed by atoms with Crippen LogP contribution in [0.15, 0.2) is 18.2 Å². The molecular formula is C12H17ClN2O. The fourth-order valence-electron chi connectivity index (χ4n) is 2.01. The van der Waals surface area contributed by atoms with Gasteiger partial charge in [-0.1, -0.05) is 11.6 Å². The molecule has 1 saturated heterocycles. The van der Waals surface area contributed by atoms with Gasteiger partial charge in [0.1, 0.15) is 0 Å². The molecule has 1 atom stereocenters. The molecule has 3 N–H and O–H groups in total. The first-order valence-electron chi connectivity index (χ1n) is 5.50. The summed E-state index contributed by atoms with van der Waals surface area (Å²) in [6.45, 7) is 3.72. The van der Waals surface area contributed by atoms with Crippen molar-refractivity contribution >= 4 is 23.0 Å². The fourth-order valence-corrected chi connectivity index (χ4v) is 2.19. The van der Waals surface area contributed by atoms with E-state index in [2.05, 4.69) is 12.2 Å². The number of anilines is 2. The molecule has 0 bridgehead atoms. The maximum Gasteiger partial charge on any atom is 0.0693 e. The van der Waals surface area contributed by atoms with Crippen LogP contribution in [0.1, 0.15) is 19.8 Å². The van der Waals surface area contributed by atoms with E-state index in [1.165, 1.54) is 0 Å². The molecule has 0 aromatic heterocycles. The Morgan fingerprint density at radius 3 is 2.94 bits per heavy atom. The van der Waals surface area contributed by atoms with Crippen LogP contribution in [0.5, 0.6) is 0 Å². The lowest BCUT2D eigenvalue weighted by atomic mass is 9.94. The monoisotopic (exact) mass is 240 g/mol. The Balaban J connectivity index is 2.13. The van der Waals surface area contributed by atoms with Gasteiger partial charge >= 0.3 is 0 Å². The molecule has 16 heavy (non-hydrogen) atoms. The number of halogens is 1. The Kier molecular flexibility index (Phi) is 3.26. The molecule has 1 aromatic rings. The van der Waals surface area contributed by atoms with Gasteiger partial charge in [0, 0.05) is 11.6 Å². The van der Waals surface area contributed by atoms with Gasteiger partial charge in [-0.3, -0.25) is 0 Å². The third-order valence-corrected chi connectivity index (χ3v) is 3.12. The van der Waals surface area contributed by atoms with E-state index in [0.717, 1.165) is 31.7 Å². The van der Waals surface area contributed by atoms with Crippen LogP contribution in [0.25, 0.3) is 0 Å². The molecular weight excluding hydrogens is 224 g/mol. The molecule has 1 aromatic carbocycles. The average Bonchev–Trinajstić information content (AvgIpc) is 2.23. The Morgan fingerprint density at radius 2 is 2.31 bits per heavy atom. The van der Waals surface area contributed by atoms with Gasteiger partial charge in [-0.2, -0.15) is 0 Å². The number of nitrogen functional groups attached to an aromatic ring is 1. The lowest BCUT2D eigenvalue weighted by Gasteiger charge is -2.35. The number of benzene rings is 1. The van der Waals surface area contributed by atoms with Gasteiger partial charge in [0.2, 0.25) is 0 Å². The fraction of sp³-hybridized carbons (Fsp3) is 0.500. The second-order valence-electron chi connectivity index (χ2n) is 4.57. The van der Waals surface area contributed by atoms with Crippen LogP contribution in [0.3, 0.4) is 0 Å². The largest absolute Gasteiger partial charge is 0.397 e. The van der Waals surface area contributed by atoms with Crippen molar-refractivity contribution in [3.05, 3.63) is 23.2 Å². The maximum absolute atomic E-state index is 5.91. The summed E-state index contributed by atoms with van der Waals surface area (Å²) in [6.07, 6.45) is 2.17. The van der Waals surface area contributed by atoms with Crippen molar-refractivity contribution in [1.29, 1.82) is 0 Å². The second kappa shape index (κ2) is 4.52. The Hall–Kier alpha value is -0.930. The van der Waals surface area contributed by atoms with Crippen LogP contribution in [0.4, 0.5) is 11.4 Å². The number of nitrogens with one attached hydrogen (secondary N) is 1. The third kappa shape index (κ3) is 2.60. The van der Waals surface area contributed by atoms with E-state index in [4.69, 9.17) is 22.1 Å². The molecule has 3 nitrogen and oxygen atoms in total. The predicted molar refractivity (Wildman–Crippen MR) is 67.9 cm³/mol. The number of ether oxygens (including phenoxy) is 1. The quantitative estimate of drug-likeness (QED) is 0.782. The van der Waals surface area contributed by atoms with Crippen LogP contribution in [0, 0.1) is 0 Å². The summed E-state index contributed by atoms with van der Waals surface area (Å²) in [5, 5.41) is 4.10. The predicted octanol–water partition coefficient (Wildman–Crippen LogP) is 2.90. The Labute approximate surface area is 101 Å². The molecule has 1 aliphatic rings. The highest BCUT2D eigenvalue weighted by atomic mass is 35.5. The van der Waals surface area contributed by atoms with Crippen molar-refractivity contribution in [3.63, 3.8) is 0 Å². The smallest absolute Gasteiger partial charge is 0.0693 e. The van der Waals surface area contributed by atoms with E-state index in [1.807, 2.05) is 12.1 Å². The summed E-state index contributed by atoms with van der Waals surface area (Å²) in [5.41, 5.74) is 7.49. The van der Waals surface area contributed by atoms with Crippen LogP contribution < -0.4 is 11.1 Å². The molecule has 88 valence electrons. The molecule has 1 heterocycles. The van der Waals surface area contributed by atoms with Crippen molar-refractivity contribution in [2.75, 3.05) is 24.3 Å². The SMILES string of the molecule is CC1(Nc2ccc(Cl)cc2N)CCCOC1. The summed E-state index contributed by atoms with van der Waals surface area (Å²) in [4.78, 5) is 0. The molecule has 0 aliphatic carbocycles. The van der Waals surface area contributed by atoms with Crippen molar-refractivity contribution < 1.29 is 4.74 Å². The van der Waals surface area contributed by atoms with E-state index < -0.39 is 0 Å². The van der Waals surface area contributed by atoms with Crippen LogP contribution in [0.2, 0.25) is 5.02 Å². The lowest BCUT2D eigenvalue weighted by Crippen LogP contribution is -2.43. The number of hydrogen-bond acceptors (Lipinski definition) is 3. The van der Waals surface area contributed by atoms with Gasteiger partial charge in [0.25, 0.3) is 0 Å². The van der Waals surface area contributed by atoms with Crippen LogP contribution >= 0.6 is 11.6 Å². The molecule has 1 unspecified atom stereocenters. The van der Waals surface area contributed by atoms with E-state index in [0.29, 0.717) is 10.7 Å². The van der Waals surface area contributed by atoms with Gasteiger partial charge in [-0.15, -0.1) is 0 Å². The first kappa shape index (κ1) is 11.6. The summed E-state index contributed by atoms with van der Waals surface area (Å²) < 4.78 is 5.49. The van der Waals surface area contributed by atoms with Crippen molar-refractivity contribution in [2.45, 2.75) is 25.3 Å². The van der Waals surface area contributed by atoms with Gasteiger partial charge in [-0.05, 0) is 38.0 Å². The molecule has 4 heteroatoms. The number of rotatable bonds is 2. The molecule has 1 aliphatic heterocycles. The first-order chi connectivity index (χ1) is 7.59. The van der Waals surface area contributed by atoms with Gasteiger partial charge in [0.15, 0.2) is 0 Å². The van der Waals surface area contributed by atoms with E-state index in [-0.39, 0.29) is 5.54 Å². The van der Waals surface area contributed by atoms with Crippen molar-refractivity contribution in [2.24, 2.45) is 0 Å². The molecule has 0 spiro atoms. The van der Waals surface area contributed by atoms with E-state index in [1.54, 1.807) is 6.07 Å². The highest BCUT2D eigenvalue weighted by molar-refractivity contribution is 6.31. The van der Waals surface area contributed by atoms with Crippen molar-refractivity contribution in [3.8, 4) is 0 Å². The minimum absolute atomic E-state index is 0.0276. The normalized spacial score (nSPS) is 25.4. The second-order valence-corrected chi connectivity index (χ2v) is 5.01. The zero-order valence-electron chi connectivity index (χ0n) is 9.42. The van der Waals surface area contributed by atoms with E-state index >= 15 is 0 Å². The first-order valence-corrected chi connectivity index (χ1v) is 5.88. The third-order valence-electron chi connectivity index (χ3n) is 2.89. The number of hydrogen-bond donors (Lipinski definition) is 2. The standard InChI is InChI=1S/C12H17ClN2O/c1-12(5-2-6-16-8-12)15-11-4-3-9(13)7-10(11)14/h3-4,7,15H,2,5-6,8,14H2,1H3. The molecule has 0 radical (unpaired) electrons. The van der Waals surface area contributed by atoms with Gasteiger partial charge in [0.05, 0.1) is 23.5 Å². The highest BCUT2D eigenvalue weighted by Gasteiger charge is 2.27. The lowest BCUT2D eigenvalue weighted by molar-refractivity contribution is 0.0540. The van der Waals surface area contributed by atoms with Crippen LogP contribution in [-0.2, 0) is 4.74 Å².